The molecule has 4 aliphatic carbocycles. The molecule has 0 spiro atoms. The highest BCUT2D eigenvalue weighted by molar-refractivity contribution is 5.14. The second-order valence-corrected chi connectivity index (χ2v) is 8.99. The van der Waals surface area contributed by atoms with Crippen molar-refractivity contribution in [3.63, 3.8) is 0 Å². The molecule has 2 atom stereocenters. The Labute approximate surface area is 128 Å². The summed E-state index contributed by atoms with van der Waals surface area (Å²) in [5.41, 5.74) is 1.69. The smallest absolute Gasteiger partial charge is 0.0945 e. The van der Waals surface area contributed by atoms with Gasteiger partial charge in [-0.25, -0.2) is 4.98 Å². The first-order chi connectivity index (χ1) is 9.99. The predicted octanol–water partition coefficient (Wildman–Crippen LogP) is 3.61. The Morgan fingerprint density at radius 1 is 1.14 bits per heavy atom. The molecule has 1 heterocycles. The summed E-state index contributed by atoms with van der Waals surface area (Å²) < 4.78 is 2.18. The number of hydrogen-bond acceptors (Lipinski definition) is 2. The first kappa shape index (κ1) is 13.8. The van der Waals surface area contributed by atoms with Crippen LogP contribution >= 0.6 is 0 Å². The van der Waals surface area contributed by atoms with Crippen LogP contribution in [0.15, 0.2) is 18.7 Å². The molecular formula is C18H29N3. The van der Waals surface area contributed by atoms with Gasteiger partial charge in [-0.05, 0) is 68.2 Å². The molecule has 4 saturated carbocycles. The minimum absolute atomic E-state index is 0.456. The van der Waals surface area contributed by atoms with Crippen LogP contribution < -0.4 is 5.32 Å². The van der Waals surface area contributed by atoms with Crippen LogP contribution in [0, 0.1) is 16.7 Å². The Morgan fingerprint density at radius 2 is 1.90 bits per heavy atom. The fourth-order valence-corrected chi connectivity index (χ4v) is 6.68. The fraction of sp³-hybridized carbons (Fsp3) is 0.833. The average molecular weight is 287 g/mol. The van der Waals surface area contributed by atoms with Gasteiger partial charge in [-0.15, -0.1) is 0 Å². The molecule has 1 N–H and O–H groups in total. The predicted molar refractivity (Wildman–Crippen MR) is 85.0 cm³/mol. The third kappa shape index (κ3) is 2.54. The molecule has 3 nitrogen and oxygen atoms in total. The van der Waals surface area contributed by atoms with Crippen LogP contribution in [0.25, 0.3) is 0 Å². The summed E-state index contributed by atoms with van der Waals surface area (Å²) in [7, 11) is 0. The second kappa shape index (κ2) is 4.58. The summed E-state index contributed by atoms with van der Waals surface area (Å²) >= 11 is 0. The van der Waals surface area contributed by atoms with Crippen molar-refractivity contribution in [1.82, 2.24) is 14.9 Å². The van der Waals surface area contributed by atoms with Crippen LogP contribution in [-0.4, -0.2) is 21.6 Å². The van der Waals surface area contributed by atoms with Crippen molar-refractivity contribution in [2.24, 2.45) is 16.7 Å². The van der Waals surface area contributed by atoms with Gasteiger partial charge in [0, 0.05) is 24.5 Å². The molecule has 3 heteroatoms. The van der Waals surface area contributed by atoms with E-state index in [9.17, 15) is 0 Å². The van der Waals surface area contributed by atoms with Gasteiger partial charge in [-0.2, -0.15) is 0 Å². The van der Waals surface area contributed by atoms with Gasteiger partial charge in [-0.3, -0.25) is 0 Å². The SMILES string of the molecule is CC12CC3CC(C)(C1)CC(NCCCn1ccnc1)(C3)C2. The molecule has 1 aromatic rings. The number of hydrogen-bond donors (Lipinski definition) is 1. The zero-order valence-electron chi connectivity index (χ0n) is 13.6. The average Bonchev–Trinajstić information content (AvgIpc) is 2.83. The van der Waals surface area contributed by atoms with Gasteiger partial charge in [0.1, 0.15) is 0 Å². The van der Waals surface area contributed by atoms with Crippen molar-refractivity contribution in [2.45, 2.75) is 70.9 Å². The van der Waals surface area contributed by atoms with Crippen LogP contribution in [0.2, 0.25) is 0 Å². The summed E-state index contributed by atoms with van der Waals surface area (Å²) in [5.74, 6) is 0.984. The Morgan fingerprint density at radius 3 is 2.52 bits per heavy atom. The zero-order valence-corrected chi connectivity index (χ0v) is 13.6. The van der Waals surface area contributed by atoms with E-state index in [2.05, 4.69) is 34.9 Å². The molecule has 0 radical (unpaired) electrons. The number of imidazole rings is 1. The lowest BCUT2D eigenvalue weighted by Gasteiger charge is -2.65. The summed E-state index contributed by atoms with van der Waals surface area (Å²) in [6.45, 7) is 7.34. The van der Waals surface area contributed by atoms with E-state index in [0.29, 0.717) is 16.4 Å². The normalized spacial score (nSPS) is 44.4. The van der Waals surface area contributed by atoms with E-state index in [1.54, 1.807) is 0 Å². The topological polar surface area (TPSA) is 29.9 Å². The molecule has 1 aromatic heterocycles. The number of nitrogens with one attached hydrogen (secondary N) is 1. The molecule has 116 valence electrons. The van der Waals surface area contributed by atoms with Crippen molar-refractivity contribution < 1.29 is 0 Å². The van der Waals surface area contributed by atoms with Crippen molar-refractivity contribution in [3.05, 3.63) is 18.7 Å². The van der Waals surface area contributed by atoms with E-state index in [0.717, 1.165) is 19.0 Å². The molecule has 0 amide bonds. The molecule has 2 unspecified atom stereocenters. The van der Waals surface area contributed by atoms with Gasteiger partial charge >= 0.3 is 0 Å². The van der Waals surface area contributed by atoms with E-state index >= 15 is 0 Å². The van der Waals surface area contributed by atoms with E-state index in [-0.39, 0.29) is 0 Å². The van der Waals surface area contributed by atoms with Crippen LogP contribution in [0.4, 0.5) is 0 Å². The maximum atomic E-state index is 4.12. The lowest BCUT2D eigenvalue weighted by Crippen LogP contribution is -2.64. The van der Waals surface area contributed by atoms with E-state index in [1.165, 1.54) is 44.9 Å². The Bertz CT molecular complexity index is 489. The van der Waals surface area contributed by atoms with Crippen molar-refractivity contribution in [1.29, 1.82) is 0 Å². The van der Waals surface area contributed by atoms with Gasteiger partial charge < -0.3 is 9.88 Å². The summed E-state index contributed by atoms with van der Waals surface area (Å²) in [4.78, 5) is 4.12. The second-order valence-electron chi connectivity index (χ2n) is 8.99. The monoisotopic (exact) mass is 287 g/mol. The molecule has 5 rings (SSSR count). The first-order valence-electron chi connectivity index (χ1n) is 8.69. The highest BCUT2D eigenvalue weighted by Gasteiger charge is 2.59. The highest BCUT2D eigenvalue weighted by Crippen LogP contribution is 2.66. The maximum Gasteiger partial charge on any atom is 0.0945 e. The molecular weight excluding hydrogens is 258 g/mol. The quantitative estimate of drug-likeness (QED) is 0.838. The van der Waals surface area contributed by atoms with Gasteiger partial charge in [-0.1, -0.05) is 13.8 Å². The first-order valence-corrected chi connectivity index (χ1v) is 8.69. The van der Waals surface area contributed by atoms with Crippen molar-refractivity contribution in [2.75, 3.05) is 6.54 Å². The number of aromatic nitrogens is 2. The van der Waals surface area contributed by atoms with Crippen LogP contribution in [0.3, 0.4) is 0 Å². The lowest BCUT2D eigenvalue weighted by atomic mass is 9.43. The Balaban J connectivity index is 1.38. The van der Waals surface area contributed by atoms with E-state index < -0.39 is 0 Å². The highest BCUT2D eigenvalue weighted by atomic mass is 15.0. The van der Waals surface area contributed by atoms with E-state index in [1.807, 2.05) is 12.5 Å². The minimum Gasteiger partial charge on any atom is -0.337 e. The third-order valence-electron chi connectivity index (χ3n) is 6.28. The van der Waals surface area contributed by atoms with Gasteiger partial charge in [0.2, 0.25) is 0 Å². The van der Waals surface area contributed by atoms with Gasteiger partial charge in [0.15, 0.2) is 0 Å². The molecule has 21 heavy (non-hydrogen) atoms. The summed E-state index contributed by atoms with van der Waals surface area (Å²) in [6.07, 6.45) is 15.8. The molecule has 0 saturated heterocycles. The van der Waals surface area contributed by atoms with Crippen molar-refractivity contribution in [3.8, 4) is 0 Å². The number of rotatable bonds is 5. The van der Waals surface area contributed by atoms with Crippen molar-refractivity contribution >= 4 is 0 Å². The minimum atomic E-state index is 0.456. The number of aryl methyl sites for hydroxylation is 1. The van der Waals surface area contributed by atoms with Crippen LogP contribution in [-0.2, 0) is 6.54 Å². The van der Waals surface area contributed by atoms with Crippen LogP contribution in [0.5, 0.6) is 0 Å². The molecule has 4 aliphatic rings. The van der Waals surface area contributed by atoms with E-state index in [4.69, 9.17) is 0 Å². The summed E-state index contributed by atoms with van der Waals surface area (Å²) in [6, 6.07) is 0. The third-order valence-corrected chi connectivity index (χ3v) is 6.28. The Kier molecular flexibility index (Phi) is 3.01. The fourth-order valence-electron chi connectivity index (χ4n) is 6.68. The lowest BCUT2D eigenvalue weighted by molar-refractivity contribution is -0.117. The number of nitrogens with zero attached hydrogens (tertiary/aromatic N) is 2. The standard InChI is InChI=1S/C18H29N3/c1-16-8-15-9-17(2,11-16)13-18(10-15,12-16)20-4-3-6-21-7-5-19-14-21/h5,7,14-15,20H,3-4,6,8-13H2,1-2H3. The Hall–Kier alpha value is -0.830. The maximum absolute atomic E-state index is 4.12. The zero-order chi connectivity index (χ0) is 14.6. The summed E-state index contributed by atoms with van der Waals surface area (Å²) in [5, 5.41) is 4.01. The molecule has 4 bridgehead atoms. The molecule has 0 aromatic carbocycles. The molecule has 4 fully saturated rings. The molecule has 0 aliphatic heterocycles. The van der Waals surface area contributed by atoms with Gasteiger partial charge in [0.25, 0.3) is 0 Å². The largest absolute Gasteiger partial charge is 0.337 e. The van der Waals surface area contributed by atoms with Crippen LogP contribution in [0.1, 0.15) is 58.8 Å². The van der Waals surface area contributed by atoms with Gasteiger partial charge in [0.05, 0.1) is 6.33 Å².